The average Bonchev–Trinajstić information content (AvgIpc) is 2.85. The Morgan fingerprint density at radius 3 is 2.44 bits per heavy atom. The molecule has 4 aromatic rings. The maximum absolute atomic E-state index is 13.5. The van der Waals surface area contributed by atoms with Gasteiger partial charge in [0.25, 0.3) is 0 Å². The van der Waals surface area contributed by atoms with E-state index in [2.05, 4.69) is 42.5 Å². The second-order valence-electron chi connectivity index (χ2n) is 8.05. The van der Waals surface area contributed by atoms with Crippen molar-refractivity contribution in [3.63, 3.8) is 0 Å². The van der Waals surface area contributed by atoms with Gasteiger partial charge in [-0.3, -0.25) is 4.79 Å². The molecular weight excluding hydrogens is 398 g/mol. The molecular formula is C28H25NO3. The lowest BCUT2D eigenvalue weighted by atomic mass is 9.80. The summed E-state index contributed by atoms with van der Waals surface area (Å²) in [5.41, 5.74) is 4.19. The van der Waals surface area contributed by atoms with Crippen LogP contribution in [0.2, 0.25) is 0 Å². The molecule has 4 aromatic carbocycles. The molecule has 5 rings (SSSR count). The maximum Gasteiger partial charge on any atom is 0.228 e. The molecule has 0 N–H and O–H groups in total. The van der Waals surface area contributed by atoms with Crippen molar-refractivity contribution in [2.45, 2.75) is 18.9 Å². The van der Waals surface area contributed by atoms with Crippen LogP contribution in [-0.2, 0) is 11.3 Å². The van der Waals surface area contributed by atoms with Crippen molar-refractivity contribution in [3.8, 4) is 11.5 Å². The molecule has 0 spiro atoms. The molecule has 160 valence electrons. The predicted octanol–water partition coefficient (Wildman–Crippen LogP) is 5.93. The first-order chi connectivity index (χ1) is 15.7. The Labute approximate surface area is 188 Å². The van der Waals surface area contributed by atoms with Gasteiger partial charge >= 0.3 is 0 Å². The second-order valence-corrected chi connectivity index (χ2v) is 8.05. The van der Waals surface area contributed by atoms with Gasteiger partial charge in [-0.15, -0.1) is 0 Å². The number of nitrogens with zero attached hydrogens (tertiary/aromatic N) is 1. The van der Waals surface area contributed by atoms with E-state index in [9.17, 15) is 4.79 Å². The number of hydrogen-bond acceptors (Lipinski definition) is 3. The predicted molar refractivity (Wildman–Crippen MR) is 128 cm³/mol. The molecule has 1 aliphatic rings. The minimum absolute atomic E-state index is 0.103. The summed E-state index contributed by atoms with van der Waals surface area (Å²) in [6.45, 7) is 0.549. The zero-order chi connectivity index (χ0) is 22.1. The van der Waals surface area contributed by atoms with Crippen molar-refractivity contribution in [2.75, 3.05) is 19.1 Å². The minimum Gasteiger partial charge on any atom is -0.497 e. The summed E-state index contributed by atoms with van der Waals surface area (Å²) >= 11 is 0. The molecule has 0 bridgehead atoms. The van der Waals surface area contributed by atoms with Crippen molar-refractivity contribution in [1.82, 2.24) is 0 Å². The highest BCUT2D eigenvalue weighted by molar-refractivity contribution is 6.03. The van der Waals surface area contributed by atoms with Crippen LogP contribution < -0.4 is 14.4 Å². The third-order valence-corrected chi connectivity index (χ3v) is 6.26. The zero-order valence-electron chi connectivity index (χ0n) is 18.2. The molecule has 0 saturated heterocycles. The van der Waals surface area contributed by atoms with Crippen LogP contribution in [0.1, 0.15) is 29.0 Å². The normalized spacial score (nSPS) is 15.5. The number of rotatable bonds is 5. The molecule has 0 aromatic heterocycles. The molecule has 4 heteroatoms. The van der Waals surface area contributed by atoms with E-state index < -0.39 is 0 Å². The molecule has 1 unspecified atom stereocenters. The number of carbonyl (C=O) groups excluding carboxylic acids is 1. The summed E-state index contributed by atoms with van der Waals surface area (Å²) in [7, 11) is 3.32. The summed E-state index contributed by atoms with van der Waals surface area (Å²) in [4.78, 5) is 15.4. The van der Waals surface area contributed by atoms with Crippen molar-refractivity contribution < 1.29 is 14.3 Å². The molecule has 0 saturated carbocycles. The summed E-state index contributed by atoms with van der Waals surface area (Å²) in [5.74, 6) is 1.49. The summed E-state index contributed by atoms with van der Waals surface area (Å²) in [6, 6.07) is 28.5. The lowest BCUT2D eigenvalue weighted by Gasteiger charge is -2.36. The number of fused-ring (bicyclic) bond motifs is 3. The fraction of sp³-hybridized carbons (Fsp3) is 0.179. The van der Waals surface area contributed by atoms with Gasteiger partial charge in [-0.1, -0.05) is 60.7 Å². The zero-order valence-corrected chi connectivity index (χ0v) is 18.2. The van der Waals surface area contributed by atoms with Crippen molar-refractivity contribution in [1.29, 1.82) is 0 Å². The van der Waals surface area contributed by atoms with E-state index in [1.54, 1.807) is 14.2 Å². The standard InChI is InChI=1S/C28H25NO3/c1-31-21-13-15-26(32-2)23(16-21)24-17-27(30)29(18-19-8-4-3-5-9-19)25-14-12-20-10-6-7-11-22(20)28(24)25/h3-16,24H,17-18H2,1-2H3. The minimum atomic E-state index is -0.124. The molecule has 1 heterocycles. The van der Waals surface area contributed by atoms with Crippen LogP contribution in [0.5, 0.6) is 11.5 Å². The quantitative estimate of drug-likeness (QED) is 0.400. The van der Waals surface area contributed by atoms with Gasteiger partial charge in [0.05, 0.1) is 20.8 Å². The molecule has 0 radical (unpaired) electrons. The van der Waals surface area contributed by atoms with Gasteiger partial charge in [0.2, 0.25) is 5.91 Å². The third kappa shape index (κ3) is 3.48. The van der Waals surface area contributed by atoms with Gasteiger partial charge in [0, 0.05) is 23.6 Å². The summed E-state index contributed by atoms with van der Waals surface area (Å²) in [6.07, 6.45) is 0.372. The van der Waals surface area contributed by atoms with E-state index in [1.807, 2.05) is 47.4 Å². The Bertz CT molecular complexity index is 1280. The van der Waals surface area contributed by atoms with Crippen LogP contribution in [0.4, 0.5) is 5.69 Å². The van der Waals surface area contributed by atoms with Crippen LogP contribution in [0.3, 0.4) is 0 Å². The van der Waals surface area contributed by atoms with E-state index in [0.717, 1.165) is 44.6 Å². The average molecular weight is 424 g/mol. The van der Waals surface area contributed by atoms with Crippen LogP contribution in [0.15, 0.2) is 84.9 Å². The number of methoxy groups -OCH3 is 2. The van der Waals surface area contributed by atoms with Gasteiger partial charge in [-0.25, -0.2) is 0 Å². The van der Waals surface area contributed by atoms with Crippen molar-refractivity contribution in [3.05, 3.63) is 102 Å². The Morgan fingerprint density at radius 1 is 0.875 bits per heavy atom. The highest BCUT2D eigenvalue weighted by atomic mass is 16.5. The smallest absolute Gasteiger partial charge is 0.228 e. The first-order valence-corrected chi connectivity index (χ1v) is 10.8. The van der Waals surface area contributed by atoms with Gasteiger partial charge in [-0.05, 0) is 46.2 Å². The number of hydrogen-bond donors (Lipinski definition) is 0. The van der Waals surface area contributed by atoms with Gasteiger partial charge in [-0.2, -0.15) is 0 Å². The van der Waals surface area contributed by atoms with E-state index in [1.165, 1.54) is 0 Å². The SMILES string of the molecule is COc1ccc(OC)c(C2CC(=O)N(Cc3ccccc3)c3ccc4ccccc4c32)c1. The molecule has 1 amide bonds. The van der Waals surface area contributed by atoms with E-state index in [4.69, 9.17) is 9.47 Å². The van der Waals surface area contributed by atoms with E-state index in [-0.39, 0.29) is 11.8 Å². The Balaban J connectivity index is 1.72. The lowest BCUT2D eigenvalue weighted by molar-refractivity contribution is -0.119. The maximum atomic E-state index is 13.5. The van der Waals surface area contributed by atoms with Crippen molar-refractivity contribution >= 4 is 22.4 Å². The van der Waals surface area contributed by atoms with E-state index in [0.29, 0.717) is 13.0 Å². The highest BCUT2D eigenvalue weighted by Gasteiger charge is 2.35. The fourth-order valence-corrected chi connectivity index (χ4v) is 4.72. The van der Waals surface area contributed by atoms with Crippen LogP contribution in [-0.4, -0.2) is 20.1 Å². The highest BCUT2D eigenvalue weighted by Crippen LogP contribution is 2.47. The van der Waals surface area contributed by atoms with Crippen molar-refractivity contribution in [2.24, 2.45) is 0 Å². The Kier molecular flexibility index (Phi) is 5.28. The van der Waals surface area contributed by atoms with Crippen LogP contribution in [0, 0.1) is 0 Å². The topological polar surface area (TPSA) is 38.8 Å². The summed E-state index contributed by atoms with van der Waals surface area (Å²) in [5, 5.41) is 2.32. The number of anilines is 1. The number of carbonyl (C=O) groups is 1. The first-order valence-electron chi connectivity index (χ1n) is 10.8. The molecule has 4 nitrogen and oxygen atoms in total. The fourth-order valence-electron chi connectivity index (χ4n) is 4.72. The van der Waals surface area contributed by atoms with Crippen LogP contribution in [0.25, 0.3) is 10.8 Å². The first kappa shape index (κ1) is 20.1. The number of benzene rings is 4. The molecule has 1 aliphatic heterocycles. The van der Waals surface area contributed by atoms with Gasteiger partial charge in [0.1, 0.15) is 11.5 Å². The molecule has 32 heavy (non-hydrogen) atoms. The third-order valence-electron chi connectivity index (χ3n) is 6.26. The molecule has 0 aliphatic carbocycles. The summed E-state index contributed by atoms with van der Waals surface area (Å²) < 4.78 is 11.2. The van der Waals surface area contributed by atoms with E-state index >= 15 is 0 Å². The number of amides is 1. The monoisotopic (exact) mass is 423 g/mol. The van der Waals surface area contributed by atoms with Gasteiger partial charge in [0.15, 0.2) is 0 Å². The van der Waals surface area contributed by atoms with Gasteiger partial charge < -0.3 is 14.4 Å². The molecule has 1 atom stereocenters. The molecule has 0 fully saturated rings. The number of ether oxygens (including phenoxy) is 2. The second kappa shape index (κ2) is 8.39. The lowest BCUT2D eigenvalue weighted by Crippen LogP contribution is -2.36. The largest absolute Gasteiger partial charge is 0.497 e. The van der Waals surface area contributed by atoms with Crippen LogP contribution >= 0.6 is 0 Å². The Morgan fingerprint density at radius 2 is 1.66 bits per heavy atom. The Hall–Kier alpha value is -3.79.